The molecule has 0 aliphatic rings. The summed E-state index contributed by atoms with van der Waals surface area (Å²) >= 11 is 1.33. The Bertz CT molecular complexity index is 306. The van der Waals surface area contributed by atoms with E-state index in [4.69, 9.17) is 0 Å². The van der Waals surface area contributed by atoms with Crippen LogP contribution in [0.25, 0.3) is 0 Å². The second-order valence-corrected chi connectivity index (χ2v) is 4.26. The first-order valence-corrected chi connectivity index (χ1v) is 5.13. The Kier molecular flexibility index (Phi) is 3.14. The van der Waals surface area contributed by atoms with Gasteiger partial charge in [-0.2, -0.15) is 4.37 Å². The Balaban J connectivity index is 2.85. The molecule has 3 nitrogen and oxygen atoms in total. The van der Waals surface area contributed by atoms with Crippen molar-refractivity contribution in [2.75, 3.05) is 0 Å². The van der Waals surface area contributed by atoms with Gasteiger partial charge in [-0.25, -0.2) is 4.98 Å². The van der Waals surface area contributed by atoms with E-state index in [0.29, 0.717) is 5.92 Å². The first-order valence-electron chi connectivity index (χ1n) is 4.36. The van der Waals surface area contributed by atoms with Crippen LogP contribution in [-0.2, 0) is 4.79 Å². The van der Waals surface area contributed by atoms with E-state index in [1.165, 1.54) is 11.5 Å². The number of rotatable bonds is 3. The number of ketones is 1. The molecule has 1 unspecified atom stereocenters. The summed E-state index contributed by atoms with van der Waals surface area (Å²) in [5.41, 5.74) is 0. The topological polar surface area (TPSA) is 42.9 Å². The molecule has 0 saturated carbocycles. The molecule has 1 heterocycles. The minimum Gasteiger partial charge on any atom is -0.299 e. The third-order valence-corrected chi connectivity index (χ3v) is 2.86. The van der Waals surface area contributed by atoms with Crippen LogP contribution in [-0.4, -0.2) is 15.1 Å². The Labute approximate surface area is 82.4 Å². The average Bonchev–Trinajstić information content (AvgIpc) is 2.50. The van der Waals surface area contributed by atoms with Crippen LogP contribution >= 0.6 is 11.5 Å². The van der Waals surface area contributed by atoms with Gasteiger partial charge in [0.1, 0.15) is 16.6 Å². The summed E-state index contributed by atoms with van der Waals surface area (Å²) in [7, 11) is 0. The molecule has 0 radical (unpaired) electrons. The number of carbonyl (C=O) groups is 1. The molecule has 0 spiro atoms. The lowest BCUT2D eigenvalue weighted by molar-refractivity contribution is -0.118. The van der Waals surface area contributed by atoms with Crippen LogP contribution in [0.3, 0.4) is 0 Å². The normalized spacial score (nSPS) is 13.3. The second-order valence-electron chi connectivity index (χ2n) is 3.48. The van der Waals surface area contributed by atoms with Gasteiger partial charge in [-0.1, -0.05) is 13.8 Å². The molecule has 0 amide bonds. The molecular formula is C9H14N2OS. The SMILES string of the molecule is CC(=O)C(C)c1nc(C(C)C)ns1. The minimum atomic E-state index is -0.106. The van der Waals surface area contributed by atoms with E-state index in [9.17, 15) is 4.79 Å². The fraction of sp³-hybridized carbons (Fsp3) is 0.667. The minimum absolute atomic E-state index is 0.106. The van der Waals surface area contributed by atoms with Gasteiger partial charge in [-0.3, -0.25) is 4.79 Å². The largest absolute Gasteiger partial charge is 0.299 e. The predicted octanol–water partition coefficient (Wildman–Crippen LogP) is 2.35. The zero-order valence-electron chi connectivity index (χ0n) is 8.37. The Hall–Kier alpha value is -0.770. The molecule has 13 heavy (non-hydrogen) atoms. The summed E-state index contributed by atoms with van der Waals surface area (Å²) in [6.45, 7) is 7.54. The Morgan fingerprint density at radius 1 is 1.38 bits per heavy atom. The zero-order chi connectivity index (χ0) is 10.0. The highest BCUT2D eigenvalue weighted by molar-refractivity contribution is 7.05. The van der Waals surface area contributed by atoms with E-state index >= 15 is 0 Å². The molecule has 0 fully saturated rings. The summed E-state index contributed by atoms with van der Waals surface area (Å²) in [5.74, 6) is 1.22. The van der Waals surface area contributed by atoms with Gasteiger partial charge in [0.05, 0.1) is 5.92 Å². The summed E-state index contributed by atoms with van der Waals surface area (Å²) in [4.78, 5) is 15.4. The number of aromatic nitrogens is 2. The number of hydrogen-bond donors (Lipinski definition) is 0. The molecule has 1 atom stereocenters. The van der Waals surface area contributed by atoms with Crippen LogP contribution in [0.1, 0.15) is 50.4 Å². The summed E-state index contributed by atoms with van der Waals surface area (Å²) < 4.78 is 4.20. The van der Waals surface area contributed by atoms with Crippen molar-refractivity contribution in [1.82, 2.24) is 9.36 Å². The fourth-order valence-electron chi connectivity index (χ4n) is 0.832. The van der Waals surface area contributed by atoms with Crippen molar-refractivity contribution < 1.29 is 4.79 Å². The van der Waals surface area contributed by atoms with Gasteiger partial charge < -0.3 is 0 Å². The van der Waals surface area contributed by atoms with E-state index in [-0.39, 0.29) is 11.7 Å². The highest BCUT2D eigenvalue weighted by atomic mass is 32.1. The average molecular weight is 198 g/mol. The van der Waals surface area contributed by atoms with Crippen molar-refractivity contribution in [2.24, 2.45) is 0 Å². The van der Waals surface area contributed by atoms with Crippen molar-refractivity contribution in [3.63, 3.8) is 0 Å². The molecule has 0 aliphatic heterocycles. The van der Waals surface area contributed by atoms with Crippen LogP contribution in [0.2, 0.25) is 0 Å². The van der Waals surface area contributed by atoms with E-state index in [2.05, 4.69) is 9.36 Å². The number of hydrogen-bond acceptors (Lipinski definition) is 4. The smallest absolute Gasteiger partial charge is 0.145 e. The van der Waals surface area contributed by atoms with Crippen molar-refractivity contribution >= 4 is 17.3 Å². The Morgan fingerprint density at radius 2 is 2.00 bits per heavy atom. The summed E-state index contributed by atoms with van der Waals surface area (Å²) in [5, 5.41) is 0.830. The van der Waals surface area contributed by atoms with Gasteiger partial charge in [0, 0.05) is 5.92 Å². The van der Waals surface area contributed by atoms with E-state index in [1.54, 1.807) is 6.92 Å². The van der Waals surface area contributed by atoms with Crippen LogP contribution in [0.4, 0.5) is 0 Å². The van der Waals surface area contributed by atoms with E-state index < -0.39 is 0 Å². The fourth-order valence-corrected chi connectivity index (χ4v) is 1.73. The highest BCUT2D eigenvalue weighted by Gasteiger charge is 2.16. The van der Waals surface area contributed by atoms with Gasteiger partial charge in [0.15, 0.2) is 0 Å². The van der Waals surface area contributed by atoms with Crippen LogP contribution in [0, 0.1) is 0 Å². The summed E-state index contributed by atoms with van der Waals surface area (Å²) in [6.07, 6.45) is 0. The van der Waals surface area contributed by atoms with Crippen LogP contribution in [0.15, 0.2) is 0 Å². The molecular weight excluding hydrogens is 184 g/mol. The number of Topliss-reactive ketones (excluding diaryl/α,β-unsaturated/α-hetero) is 1. The lowest BCUT2D eigenvalue weighted by atomic mass is 10.1. The predicted molar refractivity (Wildman–Crippen MR) is 53.1 cm³/mol. The molecule has 1 aromatic heterocycles. The Morgan fingerprint density at radius 3 is 2.38 bits per heavy atom. The van der Waals surface area contributed by atoms with E-state index in [0.717, 1.165) is 10.8 Å². The van der Waals surface area contributed by atoms with Gasteiger partial charge in [-0.05, 0) is 25.4 Å². The monoisotopic (exact) mass is 198 g/mol. The van der Waals surface area contributed by atoms with Gasteiger partial charge in [0.2, 0.25) is 0 Å². The quantitative estimate of drug-likeness (QED) is 0.748. The maximum atomic E-state index is 11.1. The van der Waals surface area contributed by atoms with Gasteiger partial charge in [-0.15, -0.1) is 0 Å². The highest BCUT2D eigenvalue weighted by Crippen LogP contribution is 2.21. The van der Waals surface area contributed by atoms with Crippen molar-refractivity contribution in [2.45, 2.75) is 39.5 Å². The third-order valence-electron chi connectivity index (χ3n) is 1.95. The van der Waals surface area contributed by atoms with Gasteiger partial charge >= 0.3 is 0 Å². The van der Waals surface area contributed by atoms with Crippen molar-refractivity contribution in [3.8, 4) is 0 Å². The second kappa shape index (κ2) is 3.96. The molecule has 0 bridgehead atoms. The van der Waals surface area contributed by atoms with Crippen molar-refractivity contribution in [3.05, 3.63) is 10.8 Å². The molecule has 0 saturated heterocycles. The maximum absolute atomic E-state index is 11.1. The lowest BCUT2D eigenvalue weighted by Gasteiger charge is -2.00. The lowest BCUT2D eigenvalue weighted by Crippen LogP contribution is -2.04. The van der Waals surface area contributed by atoms with Gasteiger partial charge in [0.25, 0.3) is 0 Å². The molecule has 0 N–H and O–H groups in total. The van der Waals surface area contributed by atoms with Crippen molar-refractivity contribution in [1.29, 1.82) is 0 Å². The standard InChI is InChI=1S/C9H14N2OS/c1-5(2)8-10-9(13-11-8)6(3)7(4)12/h5-6H,1-4H3. The first kappa shape index (κ1) is 10.3. The molecule has 1 aromatic rings. The molecule has 1 rings (SSSR count). The zero-order valence-corrected chi connectivity index (χ0v) is 9.18. The first-order chi connectivity index (χ1) is 6.02. The maximum Gasteiger partial charge on any atom is 0.145 e. The van der Waals surface area contributed by atoms with E-state index in [1.807, 2.05) is 20.8 Å². The third kappa shape index (κ3) is 2.34. The molecule has 0 aromatic carbocycles. The molecule has 72 valence electrons. The van der Waals surface area contributed by atoms with Crippen LogP contribution in [0.5, 0.6) is 0 Å². The summed E-state index contributed by atoms with van der Waals surface area (Å²) in [6, 6.07) is 0. The van der Waals surface area contributed by atoms with Crippen LogP contribution < -0.4 is 0 Å². The number of carbonyl (C=O) groups excluding carboxylic acids is 1. The molecule has 0 aliphatic carbocycles. The number of nitrogens with zero attached hydrogens (tertiary/aromatic N) is 2. The molecule has 4 heteroatoms.